The number of aromatic nitrogens is 1. The second-order valence-electron chi connectivity index (χ2n) is 9.37. The number of thiazole rings is 1. The van der Waals surface area contributed by atoms with E-state index in [1.54, 1.807) is 30.3 Å². The molecule has 0 bridgehead atoms. The van der Waals surface area contributed by atoms with Crippen LogP contribution in [0.3, 0.4) is 0 Å². The third kappa shape index (κ3) is 5.09. The van der Waals surface area contributed by atoms with Gasteiger partial charge in [0.25, 0.3) is 10.0 Å². The predicted molar refractivity (Wildman–Crippen MR) is 139 cm³/mol. The molecule has 0 atom stereocenters. The van der Waals surface area contributed by atoms with Gasteiger partial charge in [-0.15, -0.1) is 15.7 Å². The molecular weight excluding hydrogens is 480 g/mol. The van der Waals surface area contributed by atoms with Crippen LogP contribution in [0.1, 0.15) is 47.3 Å². The van der Waals surface area contributed by atoms with Crippen LogP contribution in [0.15, 0.2) is 76.0 Å². The number of sulfonamides is 1. The minimum Gasteiger partial charge on any atom is -0.465 e. The Morgan fingerprint density at radius 2 is 1.66 bits per heavy atom. The van der Waals surface area contributed by atoms with Crippen molar-refractivity contribution in [3.8, 4) is 0 Å². The highest BCUT2D eigenvalue weighted by Crippen LogP contribution is 2.29. The van der Waals surface area contributed by atoms with E-state index in [1.165, 1.54) is 18.4 Å². The molecular formula is C27H28N2O4S2. The van der Waals surface area contributed by atoms with Crippen molar-refractivity contribution in [2.75, 3.05) is 7.11 Å². The van der Waals surface area contributed by atoms with Crippen LogP contribution < -0.4 is 4.80 Å². The zero-order chi connectivity index (χ0) is 25.4. The minimum atomic E-state index is -3.97. The minimum absolute atomic E-state index is 0.178. The molecule has 0 aliphatic heterocycles. The largest absolute Gasteiger partial charge is 0.465 e. The summed E-state index contributed by atoms with van der Waals surface area (Å²) < 4.78 is 38.1. The van der Waals surface area contributed by atoms with E-state index in [0.29, 0.717) is 22.3 Å². The summed E-state index contributed by atoms with van der Waals surface area (Å²) in [4.78, 5) is 13.4. The number of carbonyl (C=O) groups excluding carboxylic acids is 1. The van der Waals surface area contributed by atoms with Gasteiger partial charge >= 0.3 is 5.97 Å². The lowest BCUT2D eigenvalue weighted by molar-refractivity contribution is 0.0600. The zero-order valence-electron chi connectivity index (χ0n) is 20.4. The maximum atomic E-state index is 13.5. The van der Waals surface area contributed by atoms with Crippen molar-refractivity contribution in [2.45, 2.75) is 44.6 Å². The normalized spacial score (nSPS) is 12.8. The summed E-state index contributed by atoms with van der Waals surface area (Å²) in [6.07, 6.45) is 0. The molecule has 8 heteroatoms. The Morgan fingerprint density at radius 1 is 1.00 bits per heavy atom. The van der Waals surface area contributed by atoms with Crippen LogP contribution in [0.4, 0.5) is 0 Å². The lowest BCUT2D eigenvalue weighted by Gasteiger charge is -2.17. The van der Waals surface area contributed by atoms with Gasteiger partial charge in [0.1, 0.15) is 0 Å². The van der Waals surface area contributed by atoms with Gasteiger partial charge in [0, 0.05) is 16.0 Å². The third-order valence-electron chi connectivity index (χ3n) is 5.78. The summed E-state index contributed by atoms with van der Waals surface area (Å²) in [7, 11) is -2.63. The molecule has 0 saturated heterocycles. The van der Waals surface area contributed by atoms with Gasteiger partial charge in [0.05, 0.1) is 24.1 Å². The topological polar surface area (TPSA) is 77.7 Å². The molecule has 0 radical (unpaired) electrons. The molecule has 0 fully saturated rings. The number of nitrogens with zero attached hydrogens (tertiary/aromatic N) is 2. The molecule has 4 aromatic rings. The zero-order valence-corrected chi connectivity index (χ0v) is 22.0. The Labute approximate surface area is 209 Å². The maximum Gasteiger partial charge on any atom is 0.337 e. The number of ether oxygens (including phenoxy) is 1. The quantitative estimate of drug-likeness (QED) is 0.337. The molecule has 1 heterocycles. The molecule has 0 N–H and O–H groups in total. The first kappa shape index (κ1) is 24.9. The summed E-state index contributed by atoms with van der Waals surface area (Å²) in [5.41, 5.74) is 2.17. The molecule has 3 aromatic carbocycles. The van der Waals surface area contributed by atoms with Gasteiger partial charge in [-0.2, -0.15) is 8.42 Å². The first-order valence-corrected chi connectivity index (χ1v) is 13.4. The fraction of sp³-hybridized carbons (Fsp3) is 0.259. The van der Waals surface area contributed by atoms with Crippen LogP contribution in [0, 0.1) is 6.92 Å². The Balaban J connectivity index is 1.86. The van der Waals surface area contributed by atoms with Gasteiger partial charge in [-0.3, -0.25) is 0 Å². The standard InChI is InChI=1S/C27H28N2O4S2/c1-18-24(27(2,3)4)34-26(29(18)17-19-13-15-21(16-14-19)25(30)33-5)28-35(31,32)23-12-8-10-20-9-6-7-11-22(20)23/h6-16H,17H2,1-5H3. The van der Waals surface area contributed by atoms with E-state index in [4.69, 9.17) is 4.74 Å². The van der Waals surface area contributed by atoms with Crippen molar-refractivity contribution in [1.29, 1.82) is 0 Å². The number of fused-ring (bicyclic) bond motifs is 1. The molecule has 6 nitrogen and oxygen atoms in total. The van der Waals surface area contributed by atoms with E-state index in [-0.39, 0.29) is 10.3 Å². The molecule has 0 aliphatic rings. The first-order chi connectivity index (χ1) is 16.5. The highest BCUT2D eigenvalue weighted by Gasteiger charge is 2.24. The number of hydrogen-bond acceptors (Lipinski definition) is 5. The molecule has 0 amide bonds. The van der Waals surface area contributed by atoms with Gasteiger partial charge in [-0.1, -0.05) is 69.3 Å². The summed E-state index contributed by atoms with van der Waals surface area (Å²) in [6, 6.07) is 19.7. The number of carbonyl (C=O) groups is 1. The summed E-state index contributed by atoms with van der Waals surface area (Å²) in [6.45, 7) is 8.71. The van der Waals surface area contributed by atoms with E-state index in [9.17, 15) is 13.2 Å². The van der Waals surface area contributed by atoms with Crippen LogP contribution >= 0.6 is 11.3 Å². The van der Waals surface area contributed by atoms with Crippen molar-refractivity contribution >= 4 is 38.1 Å². The highest BCUT2D eigenvalue weighted by molar-refractivity contribution is 7.90. The van der Waals surface area contributed by atoms with Crippen molar-refractivity contribution in [1.82, 2.24) is 4.57 Å². The van der Waals surface area contributed by atoms with E-state index in [2.05, 4.69) is 25.2 Å². The van der Waals surface area contributed by atoms with Gasteiger partial charge in [0.15, 0.2) is 0 Å². The molecule has 0 saturated carbocycles. The van der Waals surface area contributed by atoms with Gasteiger partial charge in [0.2, 0.25) is 4.80 Å². The van der Waals surface area contributed by atoms with Crippen LogP contribution in [-0.2, 0) is 26.7 Å². The third-order valence-corrected chi connectivity index (χ3v) is 8.83. The molecule has 0 unspecified atom stereocenters. The smallest absolute Gasteiger partial charge is 0.337 e. The lowest BCUT2D eigenvalue weighted by atomic mass is 9.93. The number of esters is 1. The molecule has 182 valence electrons. The molecule has 0 spiro atoms. The van der Waals surface area contributed by atoms with Crippen molar-refractivity contribution in [2.24, 2.45) is 4.40 Å². The maximum absolute atomic E-state index is 13.5. The molecule has 35 heavy (non-hydrogen) atoms. The molecule has 4 rings (SSSR count). The predicted octanol–water partition coefficient (Wildman–Crippen LogP) is 5.43. The first-order valence-electron chi connectivity index (χ1n) is 11.2. The van der Waals surface area contributed by atoms with Gasteiger partial charge in [-0.25, -0.2) is 4.79 Å². The summed E-state index contributed by atoms with van der Waals surface area (Å²) >= 11 is 1.39. The number of hydrogen-bond donors (Lipinski definition) is 0. The Bertz CT molecular complexity index is 1570. The van der Waals surface area contributed by atoms with Crippen molar-refractivity contribution in [3.63, 3.8) is 0 Å². The lowest BCUT2D eigenvalue weighted by Crippen LogP contribution is -2.20. The second-order valence-corrected chi connectivity index (χ2v) is 11.9. The Hall–Kier alpha value is -3.23. The number of benzene rings is 3. The average molecular weight is 509 g/mol. The number of rotatable bonds is 5. The average Bonchev–Trinajstić information content (AvgIpc) is 3.13. The second kappa shape index (κ2) is 9.43. The van der Waals surface area contributed by atoms with Crippen LogP contribution in [0.25, 0.3) is 10.8 Å². The van der Waals surface area contributed by atoms with Crippen molar-refractivity contribution < 1.29 is 17.9 Å². The monoisotopic (exact) mass is 508 g/mol. The van der Waals surface area contributed by atoms with E-state index in [1.807, 2.05) is 47.9 Å². The SMILES string of the molecule is COC(=O)c1ccc(Cn2c(C)c(C(C)(C)C)sc2=NS(=O)(=O)c2cccc3ccccc23)cc1. The van der Waals surface area contributed by atoms with Crippen LogP contribution in [0.5, 0.6) is 0 Å². The fourth-order valence-corrected chi connectivity index (χ4v) is 6.67. The van der Waals surface area contributed by atoms with Gasteiger partial charge in [-0.05, 0) is 41.5 Å². The van der Waals surface area contributed by atoms with Crippen LogP contribution in [0.2, 0.25) is 0 Å². The highest BCUT2D eigenvalue weighted by atomic mass is 32.2. The summed E-state index contributed by atoms with van der Waals surface area (Å²) in [5.74, 6) is -0.400. The van der Waals surface area contributed by atoms with Crippen molar-refractivity contribution in [3.05, 3.63) is 93.2 Å². The van der Waals surface area contributed by atoms with E-state index < -0.39 is 16.0 Å². The van der Waals surface area contributed by atoms with Crippen LogP contribution in [-0.4, -0.2) is 26.1 Å². The summed E-state index contributed by atoms with van der Waals surface area (Å²) in [5, 5.41) is 1.49. The Morgan fingerprint density at radius 3 is 2.31 bits per heavy atom. The van der Waals surface area contributed by atoms with E-state index in [0.717, 1.165) is 21.5 Å². The number of methoxy groups -OCH3 is 1. The Kier molecular flexibility index (Phi) is 6.71. The molecule has 1 aromatic heterocycles. The molecule has 0 aliphatic carbocycles. The fourth-order valence-electron chi connectivity index (χ4n) is 4.06. The van der Waals surface area contributed by atoms with E-state index >= 15 is 0 Å². The van der Waals surface area contributed by atoms with Gasteiger partial charge < -0.3 is 9.30 Å².